The van der Waals surface area contributed by atoms with Gasteiger partial charge in [0.05, 0.1) is 0 Å². The lowest BCUT2D eigenvalue weighted by atomic mass is 9.78. The van der Waals surface area contributed by atoms with Crippen molar-refractivity contribution in [3.63, 3.8) is 0 Å². The van der Waals surface area contributed by atoms with Gasteiger partial charge in [-0.15, -0.1) is 0 Å². The second-order valence-electron chi connectivity index (χ2n) is 28.3. The molecule has 0 aliphatic heterocycles. The number of hydrogen-bond acceptors (Lipinski definition) is 2. The third-order valence-corrected chi connectivity index (χ3v) is 18.6. The molecule has 0 bridgehead atoms. The van der Waals surface area contributed by atoms with Gasteiger partial charge in [-0.05, 0) is 260 Å². The first-order valence-electron chi connectivity index (χ1n) is 35.2. The number of hydrogen-bond donors (Lipinski definition) is 0. The van der Waals surface area contributed by atoms with E-state index >= 15 is 0 Å². The molecule has 2 nitrogen and oxygen atoms in total. The lowest BCUT2D eigenvalue weighted by Gasteiger charge is -2.26. The average Bonchev–Trinajstić information content (AvgIpc) is 0.836. The zero-order valence-corrected chi connectivity index (χ0v) is 62.8. The van der Waals surface area contributed by atoms with Gasteiger partial charge in [0.25, 0.3) is 0 Å². The van der Waals surface area contributed by atoms with Crippen molar-refractivity contribution in [2.45, 2.75) is 217 Å². The maximum absolute atomic E-state index is 5.97. The molecule has 0 saturated carbocycles. The standard InChI is InChI=1S/C29H28O2.C21H28.C15H16.C11H24.C9H12.C8H10.CH4/c1-21-5-13-25(14-6-21)30-27-17-9-23(10-18-27)29(3,4)24-11-19-28(20-12-24)31-26-15-7-22(2)8-16-26;1-7-20-12-18(9-14(3)16(20)5)11-19-10-15(4)17(6)21(8-2)13-19;1-12-3-7-14(8-4-12)11-15-9-5-13(2)6-10-15;1-6-8-10(3)9-11(4,5)7-2;1-7-4-5-8(2)9(3)6-7;1-7-4-3-5-8(2)6-7;/h5-20H,1-4H3;9-10,12-13H,7-8,11H2,1-6H3;3-10H,11H2,1-2H3;10H,6-9H2,1-5H3;4-6H,1-3H3;3-6H,1-2H3;1H4. The SMILES string of the molecule is C.CCCC(C)CC(C)(C)CC.CCc1cc(Cc2cc(C)c(C)c(CC)c2)cc(C)c1C.Cc1ccc(C)c(C)c1.Cc1ccc(Cc2ccc(C)cc2)cc1.Cc1ccc(Oc2ccc(C(C)(C)c3ccc(Oc4ccc(C)cc4)cc3)cc2)cc1.Cc1cccc(C)c1. The zero-order valence-electron chi connectivity index (χ0n) is 62.8. The van der Waals surface area contributed by atoms with Crippen molar-refractivity contribution in [3.8, 4) is 23.0 Å². The monoisotopic (exact) mass is 1280 g/mol. The molecule has 0 aliphatic rings. The van der Waals surface area contributed by atoms with E-state index in [1.54, 1.807) is 0 Å². The molecule has 0 saturated heterocycles. The first kappa shape index (κ1) is 80.2. The highest BCUT2D eigenvalue weighted by atomic mass is 16.5. The van der Waals surface area contributed by atoms with Gasteiger partial charge in [0.15, 0.2) is 0 Å². The van der Waals surface area contributed by atoms with E-state index in [1.165, 1.54) is 143 Å². The van der Waals surface area contributed by atoms with Crippen molar-refractivity contribution in [1.82, 2.24) is 0 Å². The van der Waals surface area contributed by atoms with Crippen LogP contribution in [-0.2, 0) is 31.1 Å². The van der Waals surface area contributed by atoms with Crippen LogP contribution in [0.5, 0.6) is 23.0 Å². The number of aryl methyl sites for hydroxylation is 13. The van der Waals surface area contributed by atoms with Crippen LogP contribution >= 0.6 is 0 Å². The summed E-state index contributed by atoms with van der Waals surface area (Å²) in [5.74, 6) is 4.29. The molecule has 0 spiro atoms. The minimum Gasteiger partial charge on any atom is -0.457 e. The summed E-state index contributed by atoms with van der Waals surface area (Å²) in [5.41, 5.74) is 29.1. The van der Waals surface area contributed by atoms with Crippen LogP contribution in [0.2, 0.25) is 0 Å². The highest BCUT2D eigenvalue weighted by Gasteiger charge is 2.23. The topological polar surface area (TPSA) is 18.5 Å². The van der Waals surface area contributed by atoms with Crippen molar-refractivity contribution < 1.29 is 9.47 Å². The van der Waals surface area contributed by atoms with Gasteiger partial charge in [0, 0.05) is 5.41 Å². The van der Waals surface area contributed by atoms with Crippen LogP contribution in [-0.4, -0.2) is 0 Å². The number of benzene rings is 10. The molecular formula is C94H122O2. The Morgan fingerprint density at radius 2 is 0.667 bits per heavy atom. The molecule has 96 heavy (non-hydrogen) atoms. The molecule has 10 aromatic carbocycles. The van der Waals surface area contributed by atoms with Crippen molar-refractivity contribution in [2.24, 2.45) is 11.3 Å². The Bertz CT molecular complexity index is 3650. The van der Waals surface area contributed by atoms with Gasteiger partial charge in [-0.25, -0.2) is 0 Å². The number of rotatable bonds is 17. The van der Waals surface area contributed by atoms with E-state index in [-0.39, 0.29) is 12.8 Å². The van der Waals surface area contributed by atoms with Gasteiger partial charge in [0.2, 0.25) is 0 Å². The third-order valence-electron chi connectivity index (χ3n) is 18.6. The normalized spacial score (nSPS) is 11.0. The van der Waals surface area contributed by atoms with Gasteiger partial charge in [-0.2, -0.15) is 0 Å². The lowest BCUT2D eigenvalue weighted by molar-refractivity contribution is 0.258. The van der Waals surface area contributed by atoms with Crippen LogP contribution in [0.3, 0.4) is 0 Å². The fraction of sp³-hybridized carbons (Fsp3) is 0.362. The van der Waals surface area contributed by atoms with Crippen molar-refractivity contribution >= 4 is 0 Å². The Balaban J connectivity index is 0.000000263. The summed E-state index contributed by atoms with van der Waals surface area (Å²) in [7, 11) is 0. The van der Waals surface area contributed by atoms with E-state index in [0.29, 0.717) is 5.41 Å². The van der Waals surface area contributed by atoms with Crippen LogP contribution in [0.4, 0.5) is 0 Å². The fourth-order valence-corrected chi connectivity index (χ4v) is 11.8. The Morgan fingerprint density at radius 1 is 0.333 bits per heavy atom. The highest BCUT2D eigenvalue weighted by Crippen LogP contribution is 2.36. The van der Waals surface area contributed by atoms with Crippen molar-refractivity contribution in [2.75, 3.05) is 0 Å². The summed E-state index contributed by atoms with van der Waals surface area (Å²) in [6.45, 7) is 48.6. The van der Waals surface area contributed by atoms with E-state index in [0.717, 1.165) is 54.6 Å². The zero-order chi connectivity index (χ0) is 69.8. The van der Waals surface area contributed by atoms with Gasteiger partial charge in [-0.1, -0.05) is 292 Å². The largest absolute Gasteiger partial charge is 0.457 e. The summed E-state index contributed by atoms with van der Waals surface area (Å²) in [6.07, 6.45) is 9.73. The van der Waals surface area contributed by atoms with E-state index in [9.17, 15) is 0 Å². The summed E-state index contributed by atoms with van der Waals surface area (Å²) in [5, 5.41) is 0. The molecule has 0 heterocycles. The highest BCUT2D eigenvalue weighted by molar-refractivity contribution is 5.46. The van der Waals surface area contributed by atoms with Gasteiger partial charge in [0.1, 0.15) is 23.0 Å². The predicted molar refractivity (Wildman–Crippen MR) is 422 cm³/mol. The van der Waals surface area contributed by atoms with E-state index in [4.69, 9.17) is 9.47 Å². The third kappa shape index (κ3) is 27.5. The Kier molecular flexibility index (Phi) is 33.2. The minimum absolute atomic E-state index is 0. The molecule has 0 N–H and O–H groups in total. The molecule has 510 valence electrons. The maximum Gasteiger partial charge on any atom is 0.127 e. The molecule has 0 fully saturated rings. The van der Waals surface area contributed by atoms with Crippen LogP contribution in [0.1, 0.15) is 212 Å². The molecule has 1 atom stereocenters. The molecule has 10 aromatic rings. The number of ether oxygens (including phenoxy) is 2. The predicted octanol–water partition coefficient (Wildman–Crippen LogP) is 27.5. The quantitative estimate of drug-likeness (QED) is 0.0905. The molecule has 0 aromatic heterocycles. The van der Waals surface area contributed by atoms with E-state index < -0.39 is 0 Å². The maximum atomic E-state index is 5.97. The first-order valence-corrected chi connectivity index (χ1v) is 35.2. The van der Waals surface area contributed by atoms with Gasteiger partial charge < -0.3 is 9.47 Å². The summed E-state index contributed by atoms with van der Waals surface area (Å²) in [6, 6.07) is 74.8. The van der Waals surface area contributed by atoms with Crippen LogP contribution in [0.25, 0.3) is 0 Å². The molecule has 10 rings (SSSR count). The molecule has 0 amide bonds. The van der Waals surface area contributed by atoms with E-state index in [1.807, 2.05) is 48.5 Å². The first-order chi connectivity index (χ1) is 45.1. The van der Waals surface area contributed by atoms with Crippen molar-refractivity contribution in [1.29, 1.82) is 0 Å². The van der Waals surface area contributed by atoms with Gasteiger partial charge in [-0.3, -0.25) is 0 Å². The minimum atomic E-state index is -0.134. The molecule has 0 radical (unpaired) electrons. The Labute approximate surface area is 586 Å². The average molecular weight is 1280 g/mol. The second-order valence-corrected chi connectivity index (χ2v) is 28.3. The second kappa shape index (κ2) is 39.7. The Hall–Kier alpha value is -8.20. The smallest absolute Gasteiger partial charge is 0.127 e. The summed E-state index contributed by atoms with van der Waals surface area (Å²) in [4.78, 5) is 0. The lowest BCUT2D eigenvalue weighted by Crippen LogP contribution is -2.18. The summed E-state index contributed by atoms with van der Waals surface area (Å²) >= 11 is 0. The Morgan fingerprint density at radius 3 is 0.979 bits per heavy atom. The van der Waals surface area contributed by atoms with Crippen LogP contribution in [0.15, 0.2) is 212 Å². The van der Waals surface area contributed by atoms with E-state index in [2.05, 4.69) is 316 Å². The van der Waals surface area contributed by atoms with Crippen LogP contribution < -0.4 is 9.47 Å². The van der Waals surface area contributed by atoms with Crippen LogP contribution in [0, 0.1) is 101 Å². The molecular weight excluding hydrogens is 1160 g/mol. The molecule has 2 heteroatoms. The van der Waals surface area contributed by atoms with Gasteiger partial charge >= 0.3 is 0 Å². The summed E-state index contributed by atoms with van der Waals surface area (Å²) < 4.78 is 11.9. The fourth-order valence-electron chi connectivity index (χ4n) is 11.8. The molecule has 0 aliphatic carbocycles. The molecule has 1 unspecified atom stereocenters. The van der Waals surface area contributed by atoms with Crippen molar-refractivity contribution in [3.05, 3.63) is 329 Å².